The topological polar surface area (TPSA) is 47.1 Å². The molecule has 1 aromatic heterocycles. The van der Waals surface area contributed by atoms with Gasteiger partial charge >= 0.3 is 0 Å². The highest BCUT2D eigenvalue weighted by Crippen LogP contribution is 2.29. The van der Waals surface area contributed by atoms with Crippen LogP contribution in [-0.4, -0.2) is 24.4 Å². The van der Waals surface area contributed by atoms with Crippen molar-refractivity contribution in [3.05, 3.63) is 40.7 Å². The van der Waals surface area contributed by atoms with Gasteiger partial charge in [-0.3, -0.25) is 5.10 Å². The summed E-state index contributed by atoms with van der Waals surface area (Å²) in [5, 5.41) is 7.77. The van der Waals surface area contributed by atoms with Crippen molar-refractivity contribution in [2.24, 2.45) is 0 Å². The van der Waals surface area contributed by atoms with Crippen molar-refractivity contribution in [1.82, 2.24) is 10.2 Å². The Morgan fingerprint density at radius 1 is 1.05 bits per heavy atom. The maximum atomic E-state index is 5.38. The smallest absolute Gasteiger partial charge is 0.160 e. The number of aromatic nitrogens is 2. The molecule has 1 N–H and O–H groups in total. The lowest BCUT2D eigenvalue weighted by molar-refractivity contribution is 0.354. The summed E-state index contributed by atoms with van der Waals surface area (Å²) in [5.74, 6) is 1.54. The van der Waals surface area contributed by atoms with Gasteiger partial charge in [0.1, 0.15) is 0 Å². The van der Waals surface area contributed by atoms with Crippen LogP contribution in [-0.2, 0) is 19.3 Å². The van der Waals surface area contributed by atoms with Crippen molar-refractivity contribution in [1.29, 1.82) is 0 Å². The lowest BCUT2D eigenvalue weighted by Gasteiger charge is -2.09. The van der Waals surface area contributed by atoms with Gasteiger partial charge in [0.05, 0.1) is 19.9 Å². The quantitative estimate of drug-likeness (QED) is 0.877. The molecule has 0 unspecified atom stereocenters. The average molecular weight is 286 g/mol. The molecular weight excluding hydrogens is 264 g/mol. The van der Waals surface area contributed by atoms with Crippen molar-refractivity contribution in [3.8, 4) is 11.5 Å². The van der Waals surface area contributed by atoms with Crippen LogP contribution in [0.1, 0.15) is 41.8 Å². The van der Waals surface area contributed by atoms with Crippen molar-refractivity contribution < 1.29 is 9.47 Å². The van der Waals surface area contributed by atoms with Gasteiger partial charge < -0.3 is 9.47 Å². The molecule has 1 aromatic carbocycles. The normalized spacial score (nSPS) is 14.4. The number of benzene rings is 1. The number of fused-ring (bicyclic) bond motifs is 1. The number of ether oxygens (including phenoxy) is 2. The third kappa shape index (κ3) is 2.89. The Kier molecular flexibility index (Phi) is 4.13. The minimum absolute atomic E-state index is 0.766. The molecule has 0 bridgehead atoms. The van der Waals surface area contributed by atoms with Gasteiger partial charge in [-0.1, -0.05) is 12.5 Å². The van der Waals surface area contributed by atoms with E-state index < -0.39 is 0 Å². The van der Waals surface area contributed by atoms with E-state index in [9.17, 15) is 0 Å². The number of rotatable bonds is 4. The molecule has 4 nitrogen and oxygen atoms in total. The zero-order valence-corrected chi connectivity index (χ0v) is 12.7. The van der Waals surface area contributed by atoms with Crippen LogP contribution in [0.4, 0.5) is 0 Å². The fourth-order valence-corrected chi connectivity index (χ4v) is 3.06. The van der Waals surface area contributed by atoms with Crippen molar-refractivity contribution in [3.63, 3.8) is 0 Å². The SMILES string of the molecule is COc1ccc(Cc2n[nH]c3c2CCCCC3)cc1OC. The van der Waals surface area contributed by atoms with Gasteiger partial charge in [-0.25, -0.2) is 0 Å². The van der Waals surface area contributed by atoms with Gasteiger partial charge in [0.25, 0.3) is 0 Å². The van der Waals surface area contributed by atoms with E-state index in [0.717, 1.165) is 30.8 Å². The summed E-state index contributed by atoms with van der Waals surface area (Å²) in [7, 11) is 3.33. The van der Waals surface area contributed by atoms with Crippen LogP contribution in [0.5, 0.6) is 11.5 Å². The molecule has 0 atom stereocenters. The van der Waals surface area contributed by atoms with Crippen molar-refractivity contribution in [2.75, 3.05) is 14.2 Å². The highest BCUT2D eigenvalue weighted by molar-refractivity contribution is 5.44. The van der Waals surface area contributed by atoms with Crippen LogP contribution in [0.3, 0.4) is 0 Å². The molecule has 0 radical (unpaired) electrons. The van der Waals surface area contributed by atoms with Gasteiger partial charge in [0.15, 0.2) is 11.5 Å². The maximum absolute atomic E-state index is 5.38. The minimum atomic E-state index is 0.766. The monoisotopic (exact) mass is 286 g/mol. The Hall–Kier alpha value is -1.97. The number of methoxy groups -OCH3 is 2. The Labute approximate surface area is 125 Å². The van der Waals surface area contributed by atoms with E-state index >= 15 is 0 Å². The van der Waals surface area contributed by atoms with Gasteiger partial charge in [-0.15, -0.1) is 0 Å². The molecule has 2 aromatic rings. The molecule has 0 saturated heterocycles. The lowest BCUT2D eigenvalue weighted by Crippen LogP contribution is -1.97. The Morgan fingerprint density at radius 3 is 2.67 bits per heavy atom. The number of aryl methyl sites for hydroxylation is 1. The van der Waals surface area contributed by atoms with Crippen LogP contribution < -0.4 is 9.47 Å². The molecular formula is C17H22N2O2. The summed E-state index contributed by atoms with van der Waals surface area (Å²) < 4.78 is 10.7. The molecule has 0 amide bonds. The number of hydrogen-bond acceptors (Lipinski definition) is 3. The Bertz CT molecular complexity index is 619. The standard InChI is InChI=1S/C17H22N2O2/c1-20-16-9-8-12(11-17(16)21-2)10-15-13-6-4-3-5-7-14(13)18-19-15/h8-9,11H,3-7,10H2,1-2H3,(H,18,19). The van der Waals surface area contributed by atoms with E-state index in [-0.39, 0.29) is 0 Å². The molecule has 3 rings (SSSR count). The summed E-state index contributed by atoms with van der Waals surface area (Å²) in [6, 6.07) is 6.08. The van der Waals surface area contributed by atoms with Crippen LogP contribution in [0.2, 0.25) is 0 Å². The largest absolute Gasteiger partial charge is 0.493 e. The first-order valence-electron chi connectivity index (χ1n) is 7.57. The second-order valence-corrected chi connectivity index (χ2v) is 5.55. The molecule has 1 heterocycles. The second-order valence-electron chi connectivity index (χ2n) is 5.55. The zero-order valence-electron chi connectivity index (χ0n) is 12.7. The number of hydrogen-bond donors (Lipinski definition) is 1. The Balaban J connectivity index is 1.85. The fraction of sp³-hybridized carbons (Fsp3) is 0.471. The van der Waals surface area contributed by atoms with Gasteiger partial charge in [-0.2, -0.15) is 5.10 Å². The van der Waals surface area contributed by atoms with E-state index in [1.807, 2.05) is 12.1 Å². The fourth-order valence-electron chi connectivity index (χ4n) is 3.06. The van der Waals surface area contributed by atoms with Crippen molar-refractivity contribution >= 4 is 0 Å². The van der Waals surface area contributed by atoms with E-state index in [1.54, 1.807) is 14.2 Å². The van der Waals surface area contributed by atoms with E-state index in [4.69, 9.17) is 9.47 Å². The summed E-state index contributed by atoms with van der Waals surface area (Å²) in [6.45, 7) is 0. The van der Waals surface area contributed by atoms with Crippen molar-refractivity contribution in [2.45, 2.75) is 38.5 Å². The highest BCUT2D eigenvalue weighted by atomic mass is 16.5. The lowest BCUT2D eigenvalue weighted by atomic mass is 10.0. The highest BCUT2D eigenvalue weighted by Gasteiger charge is 2.16. The predicted molar refractivity (Wildman–Crippen MR) is 82.2 cm³/mol. The van der Waals surface area contributed by atoms with Gasteiger partial charge in [-0.05, 0) is 48.9 Å². The van der Waals surface area contributed by atoms with Crippen LogP contribution in [0, 0.1) is 0 Å². The summed E-state index contributed by atoms with van der Waals surface area (Å²) in [6.07, 6.45) is 6.98. The third-order valence-electron chi connectivity index (χ3n) is 4.21. The summed E-state index contributed by atoms with van der Waals surface area (Å²) in [4.78, 5) is 0. The van der Waals surface area contributed by atoms with Gasteiger partial charge in [0, 0.05) is 12.1 Å². The van der Waals surface area contributed by atoms with Crippen LogP contribution in [0.25, 0.3) is 0 Å². The number of nitrogens with zero attached hydrogens (tertiary/aromatic N) is 1. The molecule has 21 heavy (non-hydrogen) atoms. The maximum Gasteiger partial charge on any atom is 0.160 e. The van der Waals surface area contributed by atoms with E-state index in [1.165, 1.54) is 41.8 Å². The molecule has 0 saturated carbocycles. The van der Waals surface area contributed by atoms with Gasteiger partial charge in [0.2, 0.25) is 0 Å². The second kappa shape index (κ2) is 6.20. The third-order valence-corrected chi connectivity index (χ3v) is 4.21. The predicted octanol–water partition coefficient (Wildman–Crippen LogP) is 3.29. The number of H-pyrrole nitrogens is 1. The first-order chi connectivity index (χ1) is 10.3. The van der Waals surface area contributed by atoms with Crippen LogP contribution >= 0.6 is 0 Å². The molecule has 1 aliphatic rings. The molecule has 4 heteroatoms. The van der Waals surface area contributed by atoms with E-state index in [0.29, 0.717) is 0 Å². The van der Waals surface area contributed by atoms with E-state index in [2.05, 4.69) is 16.3 Å². The summed E-state index contributed by atoms with van der Waals surface area (Å²) >= 11 is 0. The first-order valence-corrected chi connectivity index (χ1v) is 7.57. The molecule has 1 aliphatic carbocycles. The molecule has 112 valence electrons. The minimum Gasteiger partial charge on any atom is -0.493 e. The number of aromatic amines is 1. The average Bonchev–Trinajstić information content (AvgIpc) is 2.74. The number of nitrogens with one attached hydrogen (secondary N) is 1. The zero-order chi connectivity index (χ0) is 14.7. The molecule has 0 spiro atoms. The Morgan fingerprint density at radius 2 is 1.86 bits per heavy atom. The van der Waals surface area contributed by atoms with Crippen LogP contribution in [0.15, 0.2) is 18.2 Å². The molecule has 0 fully saturated rings. The summed E-state index contributed by atoms with van der Waals surface area (Å²) in [5.41, 5.74) is 5.15. The molecule has 0 aliphatic heterocycles. The first kappa shape index (κ1) is 14.0.